The van der Waals surface area contributed by atoms with Crippen molar-refractivity contribution in [2.24, 2.45) is 5.92 Å². The molecule has 1 aliphatic rings. The number of hydrogen-bond donors (Lipinski definition) is 1. The summed E-state index contributed by atoms with van der Waals surface area (Å²) in [5, 5.41) is 3.13. The second-order valence-corrected chi connectivity index (χ2v) is 2.91. The first-order chi connectivity index (χ1) is 5.29. The van der Waals surface area contributed by atoms with E-state index in [0.717, 1.165) is 19.4 Å². The molecule has 3 nitrogen and oxygen atoms in total. The number of halogens is 1. The molecule has 72 valence electrons. The number of carbonyl (C=O) groups is 1. The molecule has 1 saturated heterocycles. The van der Waals surface area contributed by atoms with Crippen molar-refractivity contribution < 1.29 is 9.53 Å². The maximum absolute atomic E-state index is 11.1. The Balaban J connectivity index is 0.00000121. The highest BCUT2D eigenvalue weighted by Crippen LogP contribution is 2.19. The first kappa shape index (κ1) is 11.7. The number of methoxy groups -OCH3 is 1. The van der Waals surface area contributed by atoms with Gasteiger partial charge in [0.15, 0.2) is 0 Å². The van der Waals surface area contributed by atoms with Crippen LogP contribution in [0.3, 0.4) is 0 Å². The molecule has 0 radical (unpaired) electrons. The molecule has 0 bridgehead atoms. The molecule has 0 aliphatic carbocycles. The minimum absolute atomic E-state index is 0. The molecule has 1 rings (SSSR count). The molecule has 0 amide bonds. The van der Waals surface area contributed by atoms with Gasteiger partial charge in [-0.05, 0) is 18.9 Å². The second-order valence-electron chi connectivity index (χ2n) is 2.91. The highest BCUT2D eigenvalue weighted by atomic mass is 35.5. The molecule has 1 fully saturated rings. The van der Waals surface area contributed by atoms with E-state index in [4.69, 9.17) is 0 Å². The Kier molecular flexibility index (Phi) is 5.25. The number of carbonyl (C=O) groups excluding carboxylic acids is 1. The lowest BCUT2D eigenvalue weighted by Gasteiger charge is -2.14. The molecule has 12 heavy (non-hydrogen) atoms. The topological polar surface area (TPSA) is 38.3 Å². The molecule has 0 aromatic rings. The maximum atomic E-state index is 11.1. The lowest BCUT2D eigenvalue weighted by Crippen LogP contribution is -2.36. The lowest BCUT2D eigenvalue weighted by molar-refractivity contribution is -0.143. The van der Waals surface area contributed by atoms with E-state index < -0.39 is 0 Å². The molecular weight excluding hydrogens is 178 g/mol. The molecule has 0 aromatic carbocycles. The highest BCUT2D eigenvalue weighted by Gasteiger charge is 2.31. The van der Waals surface area contributed by atoms with Gasteiger partial charge >= 0.3 is 5.97 Å². The van der Waals surface area contributed by atoms with E-state index in [9.17, 15) is 4.79 Å². The number of esters is 1. The number of nitrogens with one attached hydrogen (secondary N) is 1. The van der Waals surface area contributed by atoms with Crippen LogP contribution in [0.15, 0.2) is 0 Å². The van der Waals surface area contributed by atoms with Gasteiger partial charge in [0.05, 0.1) is 7.11 Å². The normalized spacial score (nSPS) is 27.8. The Labute approximate surface area is 79.3 Å². The van der Waals surface area contributed by atoms with Crippen LogP contribution in [0.25, 0.3) is 0 Å². The molecule has 1 N–H and O–H groups in total. The van der Waals surface area contributed by atoms with E-state index in [0.29, 0.717) is 5.92 Å². The molecule has 2 atom stereocenters. The summed E-state index contributed by atoms with van der Waals surface area (Å²) < 4.78 is 4.66. The molecule has 1 heterocycles. The van der Waals surface area contributed by atoms with Gasteiger partial charge in [0.25, 0.3) is 0 Å². The third-order valence-corrected chi connectivity index (χ3v) is 2.33. The molecule has 0 aromatic heterocycles. The van der Waals surface area contributed by atoms with Crippen molar-refractivity contribution in [2.45, 2.75) is 25.8 Å². The summed E-state index contributed by atoms with van der Waals surface area (Å²) in [4.78, 5) is 11.1. The minimum atomic E-state index is -0.116. The summed E-state index contributed by atoms with van der Waals surface area (Å²) in [6.07, 6.45) is 2.14. The fourth-order valence-corrected chi connectivity index (χ4v) is 1.60. The van der Waals surface area contributed by atoms with Gasteiger partial charge in [-0.15, -0.1) is 12.4 Å². The number of ether oxygens (including phenoxy) is 1. The van der Waals surface area contributed by atoms with Crippen molar-refractivity contribution in [3.05, 3.63) is 0 Å². The predicted octanol–water partition coefficient (Wildman–Crippen LogP) is 0.969. The third kappa shape index (κ3) is 2.35. The summed E-state index contributed by atoms with van der Waals surface area (Å²) in [6, 6.07) is -0.0509. The molecule has 0 spiro atoms. The van der Waals surface area contributed by atoms with Crippen LogP contribution in [0.1, 0.15) is 19.8 Å². The zero-order chi connectivity index (χ0) is 8.27. The van der Waals surface area contributed by atoms with Crippen molar-refractivity contribution in [3.63, 3.8) is 0 Å². The van der Waals surface area contributed by atoms with Crippen LogP contribution in [0.4, 0.5) is 0 Å². The monoisotopic (exact) mass is 193 g/mol. The van der Waals surface area contributed by atoms with E-state index in [1.807, 2.05) is 0 Å². The third-order valence-electron chi connectivity index (χ3n) is 2.33. The van der Waals surface area contributed by atoms with E-state index in [1.54, 1.807) is 0 Å². The number of hydrogen-bond acceptors (Lipinski definition) is 3. The molecule has 4 heteroatoms. The van der Waals surface area contributed by atoms with Gasteiger partial charge in [0.1, 0.15) is 6.04 Å². The SMILES string of the molecule is CC[C@@H]1CCN[C@@H]1C(=O)OC.Cl. The summed E-state index contributed by atoms with van der Waals surface area (Å²) in [5.41, 5.74) is 0. The first-order valence-electron chi connectivity index (χ1n) is 4.10. The lowest BCUT2D eigenvalue weighted by atomic mass is 9.98. The van der Waals surface area contributed by atoms with Crippen LogP contribution < -0.4 is 5.32 Å². The average molecular weight is 194 g/mol. The summed E-state index contributed by atoms with van der Waals surface area (Å²) in [7, 11) is 1.44. The van der Waals surface area contributed by atoms with Gasteiger partial charge in [-0.3, -0.25) is 4.79 Å². The van der Waals surface area contributed by atoms with Crippen LogP contribution in [0.2, 0.25) is 0 Å². The minimum Gasteiger partial charge on any atom is -0.468 e. The van der Waals surface area contributed by atoms with Crippen molar-refractivity contribution in [1.29, 1.82) is 0 Å². The maximum Gasteiger partial charge on any atom is 0.323 e. The van der Waals surface area contributed by atoms with Crippen molar-refractivity contribution >= 4 is 18.4 Å². The van der Waals surface area contributed by atoms with E-state index in [2.05, 4.69) is 17.0 Å². The van der Waals surface area contributed by atoms with Crippen molar-refractivity contribution in [1.82, 2.24) is 5.32 Å². The Morgan fingerprint density at radius 3 is 2.83 bits per heavy atom. The van der Waals surface area contributed by atoms with Crippen LogP contribution in [-0.4, -0.2) is 25.7 Å². The summed E-state index contributed by atoms with van der Waals surface area (Å²) >= 11 is 0. The zero-order valence-electron chi connectivity index (χ0n) is 7.50. The Morgan fingerprint density at radius 1 is 1.67 bits per heavy atom. The van der Waals surface area contributed by atoms with Crippen LogP contribution in [0.5, 0.6) is 0 Å². The molecule has 0 unspecified atom stereocenters. The van der Waals surface area contributed by atoms with Gasteiger partial charge in [0.2, 0.25) is 0 Å². The quantitative estimate of drug-likeness (QED) is 0.665. The Hall–Kier alpha value is -0.280. The van der Waals surface area contributed by atoms with Crippen LogP contribution in [-0.2, 0) is 9.53 Å². The van der Waals surface area contributed by atoms with Gasteiger partial charge in [-0.25, -0.2) is 0 Å². The van der Waals surface area contributed by atoms with Gasteiger partial charge in [-0.2, -0.15) is 0 Å². The first-order valence-corrected chi connectivity index (χ1v) is 4.10. The van der Waals surface area contributed by atoms with Gasteiger partial charge < -0.3 is 10.1 Å². The molecule has 1 aliphatic heterocycles. The number of rotatable bonds is 2. The van der Waals surface area contributed by atoms with Crippen LogP contribution >= 0.6 is 12.4 Å². The Bertz CT molecular complexity index is 152. The summed E-state index contributed by atoms with van der Waals surface area (Å²) in [6.45, 7) is 3.05. The van der Waals surface area contributed by atoms with Crippen molar-refractivity contribution in [3.8, 4) is 0 Å². The average Bonchev–Trinajstić information content (AvgIpc) is 2.50. The van der Waals surface area contributed by atoms with E-state index >= 15 is 0 Å². The summed E-state index contributed by atoms with van der Waals surface area (Å²) in [5.74, 6) is 0.358. The largest absolute Gasteiger partial charge is 0.468 e. The smallest absolute Gasteiger partial charge is 0.323 e. The fourth-order valence-electron chi connectivity index (χ4n) is 1.60. The Morgan fingerprint density at radius 2 is 2.33 bits per heavy atom. The highest BCUT2D eigenvalue weighted by molar-refractivity contribution is 5.85. The molecule has 0 saturated carbocycles. The van der Waals surface area contributed by atoms with Gasteiger partial charge in [0, 0.05) is 0 Å². The standard InChI is InChI=1S/C8H15NO2.ClH/c1-3-6-4-5-9-7(6)8(10)11-2;/h6-7,9H,3-5H2,1-2H3;1H/t6-,7+;/m1./s1. The van der Waals surface area contributed by atoms with E-state index in [1.165, 1.54) is 7.11 Å². The predicted molar refractivity (Wildman–Crippen MR) is 49.5 cm³/mol. The van der Waals surface area contributed by atoms with Gasteiger partial charge in [-0.1, -0.05) is 13.3 Å². The molecular formula is C8H16ClNO2. The zero-order valence-corrected chi connectivity index (χ0v) is 8.32. The fraction of sp³-hybridized carbons (Fsp3) is 0.875. The van der Waals surface area contributed by atoms with Crippen LogP contribution in [0, 0.1) is 5.92 Å². The van der Waals surface area contributed by atoms with E-state index in [-0.39, 0.29) is 24.4 Å². The second kappa shape index (κ2) is 5.38. The van der Waals surface area contributed by atoms with Crippen molar-refractivity contribution in [2.75, 3.05) is 13.7 Å².